The molecule has 2 N–H and O–H groups in total. The number of phenols is 1. The van der Waals surface area contributed by atoms with Crippen molar-refractivity contribution in [3.63, 3.8) is 0 Å². The lowest BCUT2D eigenvalue weighted by atomic mass is 10.1. The van der Waals surface area contributed by atoms with Gasteiger partial charge in [-0.3, -0.25) is 9.59 Å². The first-order valence-corrected chi connectivity index (χ1v) is 7.52. The highest BCUT2D eigenvalue weighted by Gasteiger charge is 2.33. The van der Waals surface area contributed by atoms with Crippen molar-refractivity contribution >= 4 is 45.5 Å². The summed E-state index contributed by atoms with van der Waals surface area (Å²) in [5, 5.41) is 18.5. The number of ether oxygens (including phenoxy) is 2. The normalized spacial score (nSPS) is 16.1. The number of thioether (sulfide) groups is 1. The topological polar surface area (TPSA) is 96.3 Å². The zero-order valence-corrected chi connectivity index (χ0v) is 13.9. The molecule has 0 unspecified atom stereocenters. The number of benzene rings is 1. The molecule has 1 aliphatic heterocycles. The first kappa shape index (κ1) is 17.1. The number of aliphatic carboxylic acids is 1. The van der Waals surface area contributed by atoms with E-state index in [0.29, 0.717) is 5.56 Å². The van der Waals surface area contributed by atoms with E-state index in [4.69, 9.17) is 26.8 Å². The summed E-state index contributed by atoms with van der Waals surface area (Å²) in [6.07, 6.45) is 1.47. The number of carbonyl (C=O) groups excluding carboxylic acids is 1. The van der Waals surface area contributed by atoms with Gasteiger partial charge in [0.05, 0.1) is 19.9 Å². The van der Waals surface area contributed by atoms with Crippen LogP contribution in [0.15, 0.2) is 17.8 Å². The van der Waals surface area contributed by atoms with Gasteiger partial charge in [-0.05, 0) is 35.5 Å². The molecule has 0 bridgehead atoms. The van der Waals surface area contributed by atoms with Crippen molar-refractivity contribution in [2.24, 2.45) is 0 Å². The highest BCUT2D eigenvalue weighted by molar-refractivity contribution is 8.33. The van der Waals surface area contributed by atoms with Crippen molar-refractivity contribution in [1.82, 2.24) is 4.90 Å². The maximum absolute atomic E-state index is 12.0. The van der Waals surface area contributed by atoms with E-state index in [2.05, 4.69) is 0 Å². The molecular weight excluding hydrogens is 342 g/mol. The van der Waals surface area contributed by atoms with Crippen LogP contribution in [0.25, 0.3) is 6.08 Å². The smallest absolute Gasteiger partial charge is 0.323 e. The molecule has 23 heavy (non-hydrogen) atoms. The summed E-state index contributed by atoms with van der Waals surface area (Å²) >= 11 is 5.82. The summed E-state index contributed by atoms with van der Waals surface area (Å²) in [4.78, 5) is 24.2. The van der Waals surface area contributed by atoms with Crippen molar-refractivity contribution in [3.05, 3.63) is 23.4 Å². The van der Waals surface area contributed by atoms with Gasteiger partial charge in [-0.15, -0.1) is 0 Å². The van der Waals surface area contributed by atoms with Gasteiger partial charge in [0, 0.05) is 0 Å². The Morgan fingerprint density at radius 3 is 2.39 bits per heavy atom. The number of carbonyl (C=O) groups is 2. The molecule has 0 amide bonds. The number of carboxylic acids is 1. The van der Waals surface area contributed by atoms with Crippen LogP contribution in [-0.2, 0) is 9.59 Å². The van der Waals surface area contributed by atoms with E-state index in [1.165, 1.54) is 37.3 Å². The SMILES string of the molecule is COc1cc(/C=C2\C(=O)SC(=S)N2CC(=O)O)cc(OC)c1O. The Balaban J connectivity index is 2.48. The van der Waals surface area contributed by atoms with Crippen LogP contribution >= 0.6 is 24.0 Å². The molecule has 2 rings (SSSR count). The molecule has 0 aliphatic carbocycles. The minimum absolute atomic E-state index is 0.150. The van der Waals surface area contributed by atoms with E-state index in [-0.39, 0.29) is 32.4 Å². The van der Waals surface area contributed by atoms with Crippen LogP contribution in [0.1, 0.15) is 5.56 Å². The molecule has 0 radical (unpaired) electrons. The van der Waals surface area contributed by atoms with E-state index in [1.54, 1.807) is 0 Å². The van der Waals surface area contributed by atoms with Crippen LogP contribution in [0.3, 0.4) is 0 Å². The molecule has 9 heteroatoms. The van der Waals surface area contributed by atoms with Gasteiger partial charge >= 0.3 is 5.97 Å². The van der Waals surface area contributed by atoms with Gasteiger partial charge in [-0.25, -0.2) is 0 Å². The second-order valence-electron chi connectivity index (χ2n) is 4.44. The maximum Gasteiger partial charge on any atom is 0.323 e. The van der Waals surface area contributed by atoms with E-state index in [0.717, 1.165) is 11.8 Å². The van der Waals surface area contributed by atoms with Crippen molar-refractivity contribution < 1.29 is 29.3 Å². The van der Waals surface area contributed by atoms with Gasteiger partial charge in [0.15, 0.2) is 11.5 Å². The monoisotopic (exact) mass is 355 g/mol. The number of nitrogens with zero attached hydrogens (tertiary/aromatic N) is 1. The maximum atomic E-state index is 12.0. The lowest BCUT2D eigenvalue weighted by Crippen LogP contribution is -2.28. The van der Waals surface area contributed by atoms with Crippen LogP contribution < -0.4 is 9.47 Å². The van der Waals surface area contributed by atoms with Gasteiger partial charge in [-0.2, -0.15) is 0 Å². The summed E-state index contributed by atoms with van der Waals surface area (Å²) in [6, 6.07) is 3.01. The molecule has 1 fully saturated rings. The molecule has 0 atom stereocenters. The summed E-state index contributed by atoms with van der Waals surface area (Å²) in [7, 11) is 2.77. The third-order valence-electron chi connectivity index (χ3n) is 3.00. The van der Waals surface area contributed by atoms with Gasteiger partial charge in [0.25, 0.3) is 0 Å². The Bertz CT molecular complexity index is 690. The van der Waals surface area contributed by atoms with Crippen molar-refractivity contribution in [2.75, 3.05) is 20.8 Å². The fourth-order valence-electron chi connectivity index (χ4n) is 1.97. The molecule has 0 spiro atoms. The quantitative estimate of drug-likeness (QED) is 0.604. The predicted molar refractivity (Wildman–Crippen MR) is 88.7 cm³/mol. The highest BCUT2D eigenvalue weighted by atomic mass is 32.2. The Morgan fingerprint density at radius 1 is 1.35 bits per heavy atom. The average Bonchev–Trinajstić information content (AvgIpc) is 2.75. The minimum atomic E-state index is -1.10. The van der Waals surface area contributed by atoms with Crippen LogP contribution in [0.2, 0.25) is 0 Å². The van der Waals surface area contributed by atoms with Crippen molar-refractivity contribution in [3.8, 4) is 17.2 Å². The third-order valence-corrected chi connectivity index (χ3v) is 4.26. The second-order valence-corrected chi connectivity index (χ2v) is 6.05. The standard InChI is InChI=1S/C14H13NO6S2/c1-20-9-4-7(5-10(21-2)12(9)18)3-8-13(19)23-14(22)15(8)6-11(16)17/h3-5,18H,6H2,1-2H3,(H,16,17)/b8-3+. The van der Waals surface area contributed by atoms with Crippen molar-refractivity contribution in [2.45, 2.75) is 0 Å². The zero-order valence-electron chi connectivity index (χ0n) is 12.2. The molecule has 1 saturated heterocycles. The molecule has 1 aliphatic rings. The lowest BCUT2D eigenvalue weighted by molar-refractivity contribution is -0.137. The number of phenolic OH excluding ortho intramolecular Hbond substituents is 1. The number of carboxylic acid groups (broad SMARTS) is 1. The molecule has 0 saturated carbocycles. The third kappa shape index (κ3) is 3.57. The predicted octanol–water partition coefficient (Wildman–Crippen LogP) is 1.70. The Morgan fingerprint density at radius 2 is 1.91 bits per heavy atom. The number of rotatable bonds is 5. The van der Waals surface area contributed by atoms with Crippen LogP contribution in [-0.4, -0.2) is 51.3 Å². The van der Waals surface area contributed by atoms with E-state index in [9.17, 15) is 14.7 Å². The number of aromatic hydroxyl groups is 1. The van der Waals surface area contributed by atoms with E-state index < -0.39 is 12.5 Å². The van der Waals surface area contributed by atoms with Crippen LogP contribution in [0, 0.1) is 0 Å². The number of hydrogen-bond acceptors (Lipinski definition) is 7. The fourth-order valence-corrected chi connectivity index (χ4v) is 3.07. The molecule has 0 aromatic heterocycles. The van der Waals surface area contributed by atoms with Gasteiger partial charge < -0.3 is 24.6 Å². The first-order valence-electron chi connectivity index (χ1n) is 6.29. The van der Waals surface area contributed by atoms with Gasteiger partial charge in [0.2, 0.25) is 10.9 Å². The second kappa shape index (κ2) is 6.88. The lowest BCUT2D eigenvalue weighted by Gasteiger charge is -2.15. The Hall–Kier alpha value is -2.26. The Labute approximate surface area is 141 Å². The van der Waals surface area contributed by atoms with Gasteiger partial charge in [0.1, 0.15) is 10.9 Å². The number of methoxy groups -OCH3 is 2. The highest BCUT2D eigenvalue weighted by Crippen LogP contribution is 2.38. The minimum Gasteiger partial charge on any atom is -0.502 e. The molecule has 1 aromatic carbocycles. The van der Waals surface area contributed by atoms with E-state index >= 15 is 0 Å². The van der Waals surface area contributed by atoms with Gasteiger partial charge in [-0.1, -0.05) is 12.2 Å². The zero-order chi connectivity index (χ0) is 17.1. The first-order chi connectivity index (χ1) is 10.9. The summed E-state index contributed by atoms with van der Waals surface area (Å²) in [6.45, 7) is -0.407. The Kier molecular flexibility index (Phi) is 5.12. The summed E-state index contributed by atoms with van der Waals surface area (Å²) < 4.78 is 10.3. The molecule has 7 nitrogen and oxygen atoms in total. The molecular formula is C14H13NO6S2. The number of thiocarbonyl (C=S) groups is 1. The van der Waals surface area contributed by atoms with Crippen LogP contribution in [0.5, 0.6) is 17.2 Å². The van der Waals surface area contributed by atoms with Crippen LogP contribution in [0.4, 0.5) is 0 Å². The van der Waals surface area contributed by atoms with E-state index in [1.807, 2.05) is 0 Å². The molecule has 1 aromatic rings. The fraction of sp³-hybridized carbons (Fsp3) is 0.214. The number of hydrogen-bond donors (Lipinski definition) is 2. The average molecular weight is 355 g/mol. The summed E-state index contributed by atoms with van der Waals surface area (Å²) in [5.41, 5.74) is 0.651. The molecule has 1 heterocycles. The molecule has 122 valence electrons. The summed E-state index contributed by atoms with van der Waals surface area (Å²) in [5.74, 6) is -0.931. The van der Waals surface area contributed by atoms with Crippen molar-refractivity contribution in [1.29, 1.82) is 0 Å². The largest absolute Gasteiger partial charge is 0.502 e.